The molecule has 10 heteroatoms. The van der Waals surface area contributed by atoms with Crippen LogP contribution in [0.4, 0.5) is 15.9 Å². The minimum Gasteiger partial charge on any atom is -0.482 e. The van der Waals surface area contributed by atoms with Gasteiger partial charge in [0.05, 0.1) is 30.2 Å². The van der Waals surface area contributed by atoms with E-state index in [2.05, 4.69) is 9.80 Å². The highest BCUT2D eigenvalue weighted by Crippen LogP contribution is 2.48. The molecular formula is C28H32FN7O2. The fourth-order valence-corrected chi connectivity index (χ4v) is 6.18. The number of hydrogen-bond acceptors (Lipinski definition) is 8. The Morgan fingerprint density at radius 1 is 1.18 bits per heavy atom. The minimum absolute atomic E-state index is 0. The molecule has 9 nitrogen and oxygen atoms in total. The number of halogens is 1. The van der Waals surface area contributed by atoms with Crippen LogP contribution in [0.2, 0.25) is 0 Å². The van der Waals surface area contributed by atoms with Crippen LogP contribution in [0.5, 0.6) is 5.75 Å². The number of aryl methyl sites for hydroxylation is 1. The maximum Gasteiger partial charge on any atom is 0.255 e. The molecule has 3 aromatic rings. The molecule has 6 heterocycles. The third kappa shape index (κ3) is 3.53. The summed E-state index contributed by atoms with van der Waals surface area (Å²) >= 11 is 0. The van der Waals surface area contributed by atoms with E-state index >= 15 is 0 Å². The van der Waals surface area contributed by atoms with Gasteiger partial charge < -0.3 is 24.8 Å². The third-order valence-electron chi connectivity index (χ3n) is 8.26. The zero-order chi connectivity index (χ0) is 25.3. The third-order valence-corrected chi connectivity index (χ3v) is 8.26. The van der Waals surface area contributed by atoms with Gasteiger partial charge in [-0.1, -0.05) is 19.6 Å². The highest BCUT2D eigenvalue weighted by atomic mass is 19.1. The first-order chi connectivity index (χ1) is 17.9. The van der Waals surface area contributed by atoms with E-state index in [-0.39, 0.29) is 24.8 Å². The summed E-state index contributed by atoms with van der Waals surface area (Å²) in [5.41, 5.74) is 10.1. The molecule has 1 fully saturated rings. The van der Waals surface area contributed by atoms with Crippen molar-refractivity contribution >= 4 is 17.3 Å². The van der Waals surface area contributed by atoms with Crippen LogP contribution in [-0.4, -0.2) is 45.6 Å². The Labute approximate surface area is 220 Å². The number of ether oxygens (including phenoxy) is 1. The van der Waals surface area contributed by atoms with Crippen LogP contribution in [0.1, 0.15) is 55.2 Å². The standard InChI is InChI=1S/C27H28FN7O2.CH4/c1-33-11-7-20-16(26(33)36)5-3-10-35(20)25-22-19(14-31-25)32-21(15-30-22)34-12-8-27(9-13-34)24(29)17-4-2-6-18(28)23(17)37-27;/h2,4,6-7,11,15,24H,3,5,8-10,12-14,29H2,1H3;1H4/t24-;/m1./s1. The predicted octanol–water partition coefficient (Wildman–Crippen LogP) is 3.09. The van der Waals surface area contributed by atoms with E-state index in [9.17, 15) is 9.18 Å². The van der Waals surface area contributed by atoms with Gasteiger partial charge in [-0.15, -0.1) is 0 Å². The Morgan fingerprint density at radius 2 is 2.00 bits per heavy atom. The lowest BCUT2D eigenvalue weighted by Gasteiger charge is -2.41. The highest BCUT2D eigenvalue weighted by Gasteiger charge is 2.49. The molecule has 4 aliphatic heterocycles. The van der Waals surface area contributed by atoms with Crippen molar-refractivity contribution in [3.63, 3.8) is 0 Å². The number of pyridine rings is 1. The lowest BCUT2D eigenvalue weighted by atomic mass is 9.83. The van der Waals surface area contributed by atoms with Gasteiger partial charge in [0.1, 0.15) is 17.1 Å². The molecule has 1 saturated heterocycles. The number of para-hydroxylation sites is 1. The molecular weight excluding hydrogens is 485 g/mol. The van der Waals surface area contributed by atoms with E-state index < -0.39 is 5.60 Å². The number of aromatic nitrogens is 3. The van der Waals surface area contributed by atoms with Gasteiger partial charge >= 0.3 is 0 Å². The van der Waals surface area contributed by atoms with Gasteiger partial charge in [-0.05, 0) is 25.0 Å². The molecule has 2 N–H and O–H groups in total. The minimum atomic E-state index is -0.597. The summed E-state index contributed by atoms with van der Waals surface area (Å²) in [6.45, 7) is 2.63. The lowest BCUT2D eigenvalue weighted by Crippen LogP contribution is -2.51. The fraction of sp³-hybridized carbons (Fsp3) is 0.429. The number of piperidine rings is 1. The van der Waals surface area contributed by atoms with Crippen molar-refractivity contribution in [2.75, 3.05) is 29.4 Å². The van der Waals surface area contributed by atoms with Crippen molar-refractivity contribution in [1.82, 2.24) is 14.5 Å². The quantitative estimate of drug-likeness (QED) is 0.529. The zero-order valence-electron chi connectivity index (χ0n) is 20.7. The van der Waals surface area contributed by atoms with Crippen LogP contribution in [0.3, 0.4) is 0 Å². The molecule has 0 unspecified atom stereocenters. The van der Waals surface area contributed by atoms with Crippen molar-refractivity contribution in [1.29, 1.82) is 0 Å². The number of aliphatic imine (C=N–C) groups is 1. The average Bonchev–Trinajstić information content (AvgIpc) is 3.46. The smallest absolute Gasteiger partial charge is 0.255 e. The summed E-state index contributed by atoms with van der Waals surface area (Å²) in [6, 6.07) is 6.59. The maximum absolute atomic E-state index is 14.3. The maximum atomic E-state index is 14.3. The van der Waals surface area contributed by atoms with Crippen LogP contribution in [0.25, 0.3) is 0 Å². The molecule has 0 aliphatic carbocycles. The number of rotatable bonds is 1. The molecule has 38 heavy (non-hydrogen) atoms. The summed E-state index contributed by atoms with van der Waals surface area (Å²) in [5.74, 6) is 1.52. The van der Waals surface area contributed by atoms with Gasteiger partial charge in [0.25, 0.3) is 5.56 Å². The first kappa shape index (κ1) is 24.5. The second kappa shape index (κ2) is 8.90. The van der Waals surface area contributed by atoms with Gasteiger partial charge in [0, 0.05) is 56.8 Å². The SMILES string of the molecule is C.Cn1ccc2c(c1=O)CCCN2C1=NCc2nc(N3CCC4(CC3)Oc3c(F)cccc3[C@H]4N)cnc21. The van der Waals surface area contributed by atoms with Crippen LogP contribution >= 0.6 is 0 Å². The number of amidine groups is 1. The van der Waals surface area contributed by atoms with E-state index in [0.29, 0.717) is 38.2 Å². The molecule has 0 saturated carbocycles. The lowest BCUT2D eigenvalue weighted by molar-refractivity contribution is 0.0402. The van der Waals surface area contributed by atoms with Crippen molar-refractivity contribution in [3.05, 3.63) is 75.3 Å². The van der Waals surface area contributed by atoms with Gasteiger partial charge in [0.2, 0.25) is 0 Å². The molecule has 1 aromatic carbocycles. The van der Waals surface area contributed by atoms with Crippen LogP contribution in [0.15, 0.2) is 46.4 Å². The van der Waals surface area contributed by atoms with E-state index in [0.717, 1.165) is 59.2 Å². The predicted molar refractivity (Wildman–Crippen MR) is 144 cm³/mol. The van der Waals surface area contributed by atoms with Gasteiger partial charge in [-0.2, -0.15) is 0 Å². The van der Waals surface area contributed by atoms with Crippen LogP contribution in [0, 0.1) is 5.82 Å². The van der Waals surface area contributed by atoms with Gasteiger partial charge in [-0.25, -0.2) is 14.4 Å². The van der Waals surface area contributed by atoms with Crippen LogP contribution < -0.4 is 25.8 Å². The number of hydrogen-bond donors (Lipinski definition) is 1. The molecule has 0 radical (unpaired) electrons. The number of fused-ring (bicyclic) bond motifs is 3. The fourth-order valence-electron chi connectivity index (χ4n) is 6.18. The Kier molecular flexibility index (Phi) is 5.75. The Bertz CT molecular complexity index is 1510. The summed E-state index contributed by atoms with van der Waals surface area (Å²) in [5, 5.41) is 0. The van der Waals surface area contributed by atoms with E-state index in [1.165, 1.54) is 6.07 Å². The molecule has 7 rings (SSSR count). The second-order valence-corrected chi connectivity index (χ2v) is 10.3. The topological polar surface area (TPSA) is 102 Å². The molecule has 0 amide bonds. The van der Waals surface area contributed by atoms with Crippen LogP contribution in [-0.2, 0) is 20.0 Å². The summed E-state index contributed by atoms with van der Waals surface area (Å²) in [7, 11) is 1.78. The van der Waals surface area contributed by atoms with E-state index in [1.54, 1.807) is 30.1 Å². The number of nitrogens with two attached hydrogens (primary N) is 1. The molecule has 0 bridgehead atoms. The Morgan fingerprint density at radius 3 is 2.79 bits per heavy atom. The van der Waals surface area contributed by atoms with E-state index in [1.807, 2.05) is 12.1 Å². The first-order valence-corrected chi connectivity index (χ1v) is 12.8. The molecule has 2 aromatic heterocycles. The first-order valence-electron chi connectivity index (χ1n) is 12.8. The average molecular weight is 518 g/mol. The highest BCUT2D eigenvalue weighted by molar-refractivity contribution is 6.11. The normalized spacial score (nSPS) is 20.8. The molecule has 198 valence electrons. The Balaban J connectivity index is 0.00000264. The Hall–Kier alpha value is -3.79. The van der Waals surface area contributed by atoms with Crippen molar-refractivity contribution in [2.24, 2.45) is 17.8 Å². The molecule has 1 spiro atoms. The number of benzene rings is 1. The monoisotopic (exact) mass is 517 g/mol. The summed E-state index contributed by atoms with van der Waals surface area (Å²) in [4.78, 5) is 31.4. The summed E-state index contributed by atoms with van der Waals surface area (Å²) < 4.78 is 22.1. The van der Waals surface area contributed by atoms with Gasteiger partial charge in [0.15, 0.2) is 17.4 Å². The molecule has 4 aliphatic rings. The van der Waals surface area contributed by atoms with Gasteiger partial charge in [-0.3, -0.25) is 9.79 Å². The largest absolute Gasteiger partial charge is 0.482 e. The zero-order valence-corrected chi connectivity index (χ0v) is 20.7. The second-order valence-electron chi connectivity index (χ2n) is 10.3. The number of nitrogens with zero attached hydrogens (tertiary/aromatic N) is 6. The van der Waals surface area contributed by atoms with Crippen molar-refractivity contribution < 1.29 is 9.13 Å². The number of anilines is 2. The van der Waals surface area contributed by atoms with Crippen molar-refractivity contribution in [2.45, 2.75) is 51.3 Å². The molecule has 1 atom stereocenters. The van der Waals surface area contributed by atoms with Crippen molar-refractivity contribution in [3.8, 4) is 5.75 Å². The summed E-state index contributed by atoms with van der Waals surface area (Å²) in [6.07, 6.45) is 6.60. The van der Waals surface area contributed by atoms with E-state index in [4.69, 9.17) is 25.4 Å².